The molecule has 0 spiro atoms. The fraction of sp³-hybridized carbons (Fsp3) is 0.381. The summed E-state index contributed by atoms with van der Waals surface area (Å²) < 4.78 is 26.2. The minimum atomic E-state index is -3.52. The lowest BCUT2D eigenvalue weighted by atomic mass is 10.1. The third-order valence-corrected chi connectivity index (χ3v) is 6.31. The average molecular weight is 389 g/mol. The zero-order valence-corrected chi connectivity index (χ0v) is 16.8. The van der Waals surface area contributed by atoms with Gasteiger partial charge < -0.3 is 5.32 Å². The number of nitrogens with one attached hydrogen (secondary N) is 1. The Hall–Kier alpha value is -2.18. The van der Waals surface area contributed by atoms with E-state index in [4.69, 9.17) is 0 Å². The highest BCUT2D eigenvalue weighted by Crippen LogP contribution is 2.14. The summed E-state index contributed by atoms with van der Waals surface area (Å²) in [5, 5.41) is 2.80. The normalized spacial score (nSPS) is 11.5. The molecule has 0 aliphatic carbocycles. The lowest BCUT2D eigenvalue weighted by Crippen LogP contribution is -2.36. The zero-order valence-electron chi connectivity index (χ0n) is 16.0. The van der Waals surface area contributed by atoms with Gasteiger partial charge >= 0.3 is 0 Å². The molecule has 2 aromatic rings. The Kier molecular flexibility index (Phi) is 8.00. The Labute approximate surface area is 162 Å². The number of rotatable bonds is 10. The first-order chi connectivity index (χ1) is 12.9. The number of aryl methyl sites for hydroxylation is 2. The Morgan fingerprint density at radius 3 is 2.33 bits per heavy atom. The molecular formula is C21H28N2O3S. The maximum Gasteiger partial charge on any atom is 0.242 e. The van der Waals surface area contributed by atoms with Crippen LogP contribution in [0.4, 0.5) is 0 Å². The van der Waals surface area contributed by atoms with Crippen LogP contribution < -0.4 is 5.32 Å². The van der Waals surface area contributed by atoms with Crippen LogP contribution in [0.25, 0.3) is 0 Å². The zero-order chi connectivity index (χ0) is 19.7. The Balaban J connectivity index is 1.67. The van der Waals surface area contributed by atoms with Crippen molar-refractivity contribution in [2.24, 2.45) is 0 Å². The van der Waals surface area contributed by atoms with E-state index in [9.17, 15) is 13.2 Å². The molecule has 6 heteroatoms. The number of likely N-dealkylation sites (N-methyl/N-ethyl adjacent to an activating group) is 1. The van der Waals surface area contributed by atoms with Crippen molar-refractivity contribution in [3.05, 3.63) is 65.7 Å². The number of nitrogens with zero attached hydrogens (tertiary/aromatic N) is 1. The van der Waals surface area contributed by atoms with Crippen molar-refractivity contribution in [1.29, 1.82) is 0 Å². The van der Waals surface area contributed by atoms with Crippen LogP contribution in [0.5, 0.6) is 0 Å². The van der Waals surface area contributed by atoms with Crippen LogP contribution in [0.3, 0.4) is 0 Å². The standard InChI is InChI=1S/C21H28N2O3S/c1-18-12-14-20(15-13-18)27(25,26)23(2)17-16-22-21(24)11-7-6-10-19-8-4-3-5-9-19/h3-5,8-9,12-15H,6-7,10-11,16-17H2,1-2H3,(H,22,24). The molecule has 1 N–H and O–H groups in total. The highest BCUT2D eigenvalue weighted by Gasteiger charge is 2.20. The van der Waals surface area contributed by atoms with Gasteiger partial charge in [-0.25, -0.2) is 8.42 Å². The van der Waals surface area contributed by atoms with Gasteiger partial charge in [-0.2, -0.15) is 4.31 Å². The van der Waals surface area contributed by atoms with Crippen LogP contribution in [0, 0.1) is 6.92 Å². The summed E-state index contributed by atoms with van der Waals surface area (Å²) in [6.07, 6.45) is 3.20. The maximum absolute atomic E-state index is 12.5. The summed E-state index contributed by atoms with van der Waals surface area (Å²) >= 11 is 0. The van der Waals surface area contributed by atoms with E-state index < -0.39 is 10.0 Å². The highest BCUT2D eigenvalue weighted by molar-refractivity contribution is 7.89. The molecule has 5 nitrogen and oxygen atoms in total. The molecule has 0 saturated heterocycles. The molecule has 146 valence electrons. The number of hydrogen-bond acceptors (Lipinski definition) is 3. The largest absolute Gasteiger partial charge is 0.355 e. The number of hydrogen-bond donors (Lipinski definition) is 1. The molecule has 1 amide bonds. The second kappa shape index (κ2) is 10.2. The Bertz CT molecular complexity index is 818. The van der Waals surface area contributed by atoms with E-state index in [2.05, 4.69) is 17.4 Å². The Morgan fingerprint density at radius 1 is 1.00 bits per heavy atom. The number of sulfonamides is 1. The predicted octanol–water partition coefficient (Wildman–Crippen LogP) is 3.14. The molecule has 0 fully saturated rings. The molecular weight excluding hydrogens is 360 g/mol. The Morgan fingerprint density at radius 2 is 1.67 bits per heavy atom. The van der Waals surface area contributed by atoms with Crippen LogP contribution in [0.1, 0.15) is 30.4 Å². The molecule has 27 heavy (non-hydrogen) atoms. The predicted molar refractivity (Wildman–Crippen MR) is 108 cm³/mol. The fourth-order valence-electron chi connectivity index (χ4n) is 2.71. The van der Waals surface area contributed by atoms with E-state index in [-0.39, 0.29) is 17.3 Å². The van der Waals surface area contributed by atoms with E-state index in [1.54, 1.807) is 24.3 Å². The van der Waals surface area contributed by atoms with Crippen molar-refractivity contribution in [2.75, 3.05) is 20.1 Å². The second-order valence-corrected chi connectivity index (χ2v) is 8.73. The molecule has 0 bridgehead atoms. The maximum atomic E-state index is 12.5. The van der Waals surface area contributed by atoms with Crippen molar-refractivity contribution in [2.45, 2.75) is 37.5 Å². The number of carbonyl (C=O) groups excluding carboxylic acids is 1. The van der Waals surface area contributed by atoms with Gasteiger partial charge in [-0.3, -0.25) is 4.79 Å². The van der Waals surface area contributed by atoms with Crippen molar-refractivity contribution >= 4 is 15.9 Å². The van der Waals surface area contributed by atoms with E-state index in [1.807, 2.05) is 25.1 Å². The SMILES string of the molecule is Cc1ccc(S(=O)(=O)N(C)CCNC(=O)CCCCc2ccccc2)cc1. The molecule has 0 saturated carbocycles. The van der Waals surface area contributed by atoms with Crippen LogP contribution in [-0.4, -0.2) is 38.8 Å². The average Bonchev–Trinajstić information content (AvgIpc) is 2.66. The first kappa shape index (κ1) is 21.1. The topological polar surface area (TPSA) is 66.5 Å². The van der Waals surface area contributed by atoms with Crippen LogP contribution >= 0.6 is 0 Å². The van der Waals surface area contributed by atoms with Gasteiger partial charge in [0, 0.05) is 26.6 Å². The summed E-state index contributed by atoms with van der Waals surface area (Å²) in [5.41, 5.74) is 2.29. The third-order valence-electron chi connectivity index (χ3n) is 4.44. The molecule has 2 aromatic carbocycles. The summed E-state index contributed by atoms with van der Waals surface area (Å²) in [6.45, 7) is 2.46. The van der Waals surface area contributed by atoms with Crippen LogP contribution in [0.2, 0.25) is 0 Å². The lowest BCUT2D eigenvalue weighted by Gasteiger charge is -2.17. The van der Waals surface area contributed by atoms with Gasteiger partial charge in [0.05, 0.1) is 4.90 Å². The molecule has 0 aromatic heterocycles. The second-order valence-electron chi connectivity index (χ2n) is 6.68. The van der Waals surface area contributed by atoms with Gasteiger partial charge in [0.1, 0.15) is 0 Å². The molecule has 0 heterocycles. The minimum Gasteiger partial charge on any atom is -0.355 e. The number of unbranched alkanes of at least 4 members (excludes halogenated alkanes) is 1. The van der Waals surface area contributed by atoms with E-state index in [1.165, 1.54) is 16.9 Å². The minimum absolute atomic E-state index is 0.0378. The molecule has 0 radical (unpaired) electrons. The summed E-state index contributed by atoms with van der Waals surface area (Å²) in [5.74, 6) is -0.0378. The smallest absolute Gasteiger partial charge is 0.242 e. The number of carbonyl (C=O) groups is 1. The van der Waals surface area contributed by atoms with Crippen molar-refractivity contribution in [3.63, 3.8) is 0 Å². The van der Waals surface area contributed by atoms with Gasteiger partial charge in [-0.15, -0.1) is 0 Å². The summed E-state index contributed by atoms with van der Waals surface area (Å²) in [6, 6.07) is 17.0. The number of amides is 1. The molecule has 0 aliphatic rings. The number of benzene rings is 2. The monoisotopic (exact) mass is 388 g/mol. The van der Waals surface area contributed by atoms with Gasteiger partial charge in [0.25, 0.3) is 0 Å². The van der Waals surface area contributed by atoms with Crippen molar-refractivity contribution in [1.82, 2.24) is 9.62 Å². The van der Waals surface area contributed by atoms with Gasteiger partial charge in [0.15, 0.2) is 0 Å². The summed E-state index contributed by atoms with van der Waals surface area (Å²) in [7, 11) is -1.99. The fourth-order valence-corrected chi connectivity index (χ4v) is 3.88. The van der Waals surface area contributed by atoms with Gasteiger partial charge in [-0.05, 0) is 43.9 Å². The lowest BCUT2D eigenvalue weighted by molar-refractivity contribution is -0.121. The third kappa shape index (κ3) is 6.81. The van der Waals surface area contributed by atoms with Crippen LogP contribution in [-0.2, 0) is 21.2 Å². The van der Waals surface area contributed by atoms with Gasteiger partial charge in [0.2, 0.25) is 15.9 Å². The van der Waals surface area contributed by atoms with Crippen LogP contribution in [0.15, 0.2) is 59.5 Å². The molecule has 0 atom stereocenters. The van der Waals surface area contributed by atoms with E-state index >= 15 is 0 Å². The first-order valence-electron chi connectivity index (χ1n) is 9.23. The van der Waals surface area contributed by atoms with Crippen molar-refractivity contribution in [3.8, 4) is 0 Å². The molecule has 0 aliphatic heterocycles. The van der Waals surface area contributed by atoms with Crippen molar-refractivity contribution < 1.29 is 13.2 Å². The van der Waals surface area contributed by atoms with Gasteiger partial charge in [-0.1, -0.05) is 48.0 Å². The highest BCUT2D eigenvalue weighted by atomic mass is 32.2. The molecule has 2 rings (SSSR count). The summed E-state index contributed by atoms with van der Waals surface area (Å²) in [4.78, 5) is 12.2. The van der Waals surface area contributed by atoms with E-state index in [0.717, 1.165) is 24.8 Å². The van der Waals surface area contributed by atoms with E-state index in [0.29, 0.717) is 13.0 Å². The first-order valence-corrected chi connectivity index (χ1v) is 10.7. The quantitative estimate of drug-likeness (QED) is 0.636. The molecule has 0 unspecified atom stereocenters.